The fourth-order valence-electron chi connectivity index (χ4n) is 2.97. The number of morpholine rings is 1. The number of aryl methyl sites for hydroxylation is 1. The third kappa shape index (κ3) is 4.62. The molecule has 1 aliphatic rings. The highest BCUT2D eigenvalue weighted by Crippen LogP contribution is 2.17. The minimum Gasteiger partial charge on any atom is -0.384 e. The van der Waals surface area contributed by atoms with Gasteiger partial charge in [0, 0.05) is 32.3 Å². The summed E-state index contributed by atoms with van der Waals surface area (Å²) >= 11 is 0. The summed E-state index contributed by atoms with van der Waals surface area (Å²) in [5.41, 5.74) is 6.70. The molecule has 0 aromatic carbocycles. The number of carbonyl (C=O) groups is 2. The maximum Gasteiger partial charge on any atom is 0.255 e. The number of aromatic nitrogens is 2. The van der Waals surface area contributed by atoms with E-state index in [2.05, 4.69) is 10.1 Å². The number of pyridine rings is 1. The molecular formula is C18H23N5O4. The van der Waals surface area contributed by atoms with E-state index >= 15 is 0 Å². The van der Waals surface area contributed by atoms with E-state index in [-0.39, 0.29) is 24.3 Å². The Hall–Kier alpha value is -2.94. The van der Waals surface area contributed by atoms with Gasteiger partial charge < -0.3 is 24.8 Å². The van der Waals surface area contributed by atoms with Crippen molar-refractivity contribution < 1.29 is 18.8 Å². The Balaban J connectivity index is 1.65. The summed E-state index contributed by atoms with van der Waals surface area (Å²) in [5, 5.41) is 3.90. The minimum atomic E-state index is -0.335. The number of carbonyl (C=O) groups excluding carboxylic acids is 2. The van der Waals surface area contributed by atoms with Crippen LogP contribution in [0.25, 0.3) is 0 Å². The molecule has 1 saturated heterocycles. The molecule has 1 atom stereocenters. The van der Waals surface area contributed by atoms with Crippen molar-refractivity contribution in [3.8, 4) is 0 Å². The lowest BCUT2D eigenvalue weighted by Gasteiger charge is -2.36. The van der Waals surface area contributed by atoms with E-state index in [1.165, 1.54) is 6.20 Å². The van der Waals surface area contributed by atoms with Crippen LogP contribution < -0.4 is 5.73 Å². The molecule has 3 heterocycles. The highest BCUT2D eigenvalue weighted by Gasteiger charge is 2.31. The SMILES string of the molecule is Cc1cc(CN(C)C(=O)C[C@H]2COCCN2C(=O)c2ccc(N)nc2)no1. The Kier molecular flexibility index (Phi) is 5.70. The van der Waals surface area contributed by atoms with Crippen molar-refractivity contribution in [3.05, 3.63) is 41.4 Å². The minimum absolute atomic E-state index is 0.0978. The first-order valence-corrected chi connectivity index (χ1v) is 8.70. The molecule has 2 amide bonds. The number of nitrogens with zero attached hydrogens (tertiary/aromatic N) is 4. The Morgan fingerprint density at radius 1 is 1.41 bits per heavy atom. The molecule has 0 aliphatic carbocycles. The van der Waals surface area contributed by atoms with Crippen molar-refractivity contribution in [2.45, 2.75) is 25.9 Å². The first kappa shape index (κ1) is 18.8. The summed E-state index contributed by atoms with van der Waals surface area (Å²) in [6.45, 7) is 3.32. The van der Waals surface area contributed by atoms with Crippen LogP contribution >= 0.6 is 0 Å². The summed E-state index contributed by atoms with van der Waals surface area (Å²) in [4.78, 5) is 32.6. The van der Waals surface area contributed by atoms with Crippen LogP contribution in [-0.2, 0) is 16.1 Å². The molecule has 144 valence electrons. The molecule has 1 aliphatic heterocycles. The fourth-order valence-corrected chi connectivity index (χ4v) is 2.97. The number of hydrogen-bond acceptors (Lipinski definition) is 7. The average Bonchev–Trinajstić information content (AvgIpc) is 3.07. The highest BCUT2D eigenvalue weighted by molar-refractivity contribution is 5.94. The van der Waals surface area contributed by atoms with Crippen molar-refractivity contribution in [1.82, 2.24) is 19.9 Å². The van der Waals surface area contributed by atoms with E-state index in [1.54, 1.807) is 42.0 Å². The molecule has 0 bridgehead atoms. The number of nitrogens with two attached hydrogens (primary N) is 1. The first-order chi connectivity index (χ1) is 12.9. The molecule has 0 spiro atoms. The van der Waals surface area contributed by atoms with E-state index in [0.717, 1.165) is 0 Å². The third-order valence-corrected chi connectivity index (χ3v) is 4.43. The summed E-state index contributed by atoms with van der Waals surface area (Å²) < 4.78 is 10.5. The normalized spacial score (nSPS) is 17.0. The van der Waals surface area contributed by atoms with Crippen LogP contribution in [0.3, 0.4) is 0 Å². The third-order valence-electron chi connectivity index (χ3n) is 4.43. The second kappa shape index (κ2) is 8.17. The molecule has 1 fully saturated rings. The second-order valence-corrected chi connectivity index (χ2v) is 6.58. The lowest BCUT2D eigenvalue weighted by molar-refractivity contribution is -0.133. The zero-order valence-electron chi connectivity index (χ0n) is 15.4. The molecule has 0 unspecified atom stereocenters. The molecule has 9 nitrogen and oxygen atoms in total. The maximum atomic E-state index is 12.8. The van der Waals surface area contributed by atoms with E-state index in [0.29, 0.717) is 49.1 Å². The Labute approximate surface area is 157 Å². The van der Waals surface area contributed by atoms with Gasteiger partial charge in [0.15, 0.2) is 0 Å². The summed E-state index contributed by atoms with van der Waals surface area (Å²) in [6.07, 6.45) is 1.62. The number of nitrogen functional groups attached to an aromatic ring is 1. The molecule has 3 rings (SSSR count). The van der Waals surface area contributed by atoms with Gasteiger partial charge in [0.1, 0.15) is 17.3 Å². The van der Waals surface area contributed by atoms with Crippen LogP contribution in [0.15, 0.2) is 28.9 Å². The topological polar surface area (TPSA) is 115 Å². The molecule has 0 radical (unpaired) electrons. The van der Waals surface area contributed by atoms with Gasteiger partial charge in [-0.2, -0.15) is 0 Å². The first-order valence-electron chi connectivity index (χ1n) is 8.70. The predicted molar refractivity (Wildman–Crippen MR) is 96.6 cm³/mol. The Morgan fingerprint density at radius 2 is 2.22 bits per heavy atom. The van der Waals surface area contributed by atoms with Gasteiger partial charge in [-0.1, -0.05) is 5.16 Å². The Bertz CT molecular complexity index is 804. The number of rotatable bonds is 5. The lowest BCUT2D eigenvalue weighted by Crippen LogP contribution is -2.50. The van der Waals surface area contributed by atoms with Gasteiger partial charge in [-0.3, -0.25) is 9.59 Å². The average molecular weight is 373 g/mol. The lowest BCUT2D eigenvalue weighted by atomic mass is 10.1. The fraction of sp³-hybridized carbons (Fsp3) is 0.444. The van der Waals surface area contributed by atoms with Gasteiger partial charge in [-0.05, 0) is 19.1 Å². The number of amides is 2. The molecule has 0 saturated carbocycles. The molecule has 2 aromatic rings. The van der Waals surface area contributed by atoms with Crippen LogP contribution in [0, 0.1) is 6.92 Å². The molecule has 2 aromatic heterocycles. The van der Waals surface area contributed by atoms with Gasteiger partial charge in [-0.25, -0.2) is 4.98 Å². The van der Waals surface area contributed by atoms with Gasteiger partial charge in [0.2, 0.25) is 5.91 Å². The zero-order valence-corrected chi connectivity index (χ0v) is 15.4. The maximum absolute atomic E-state index is 12.8. The summed E-state index contributed by atoms with van der Waals surface area (Å²) in [6, 6.07) is 4.68. The van der Waals surface area contributed by atoms with Crippen molar-refractivity contribution in [1.29, 1.82) is 0 Å². The van der Waals surface area contributed by atoms with E-state index in [1.807, 2.05) is 0 Å². The van der Waals surface area contributed by atoms with Crippen LogP contribution in [-0.4, -0.2) is 64.6 Å². The van der Waals surface area contributed by atoms with Crippen LogP contribution in [0.2, 0.25) is 0 Å². The number of ether oxygens (including phenoxy) is 1. The number of anilines is 1. The van der Waals surface area contributed by atoms with Crippen molar-refractivity contribution >= 4 is 17.6 Å². The molecule has 2 N–H and O–H groups in total. The van der Waals surface area contributed by atoms with Gasteiger partial charge in [0.05, 0.1) is 31.4 Å². The summed E-state index contributed by atoms with van der Waals surface area (Å²) in [7, 11) is 1.70. The zero-order chi connectivity index (χ0) is 19.4. The largest absolute Gasteiger partial charge is 0.384 e. The van der Waals surface area contributed by atoms with Gasteiger partial charge >= 0.3 is 0 Å². The quantitative estimate of drug-likeness (QED) is 0.826. The monoisotopic (exact) mass is 373 g/mol. The second-order valence-electron chi connectivity index (χ2n) is 6.58. The van der Waals surface area contributed by atoms with Gasteiger partial charge in [-0.15, -0.1) is 0 Å². The Morgan fingerprint density at radius 3 is 2.89 bits per heavy atom. The summed E-state index contributed by atoms with van der Waals surface area (Å²) in [5.74, 6) is 0.767. The predicted octanol–water partition coefficient (Wildman–Crippen LogP) is 0.850. The molecule has 27 heavy (non-hydrogen) atoms. The number of hydrogen-bond donors (Lipinski definition) is 1. The van der Waals surface area contributed by atoms with Crippen molar-refractivity contribution in [2.75, 3.05) is 32.5 Å². The molecule has 9 heteroatoms. The standard InChI is InChI=1S/C18H23N5O4/c1-12-7-14(21-27-12)10-22(2)17(24)8-15-11-26-6-5-23(15)18(25)13-3-4-16(19)20-9-13/h3-4,7,9,15H,5-6,8,10-11H2,1-2H3,(H2,19,20)/t15-/m0/s1. The van der Waals surface area contributed by atoms with E-state index in [9.17, 15) is 9.59 Å². The van der Waals surface area contributed by atoms with Crippen LogP contribution in [0.1, 0.15) is 28.2 Å². The van der Waals surface area contributed by atoms with Gasteiger partial charge in [0.25, 0.3) is 5.91 Å². The van der Waals surface area contributed by atoms with Crippen LogP contribution in [0.5, 0.6) is 0 Å². The van der Waals surface area contributed by atoms with Crippen LogP contribution in [0.4, 0.5) is 5.82 Å². The smallest absolute Gasteiger partial charge is 0.255 e. The van der Waals surface area contributed by atoms with E-state index < -0.39 is 0 Å². The van der Waals surface area contributed by atoms with Crippen molar-refractivity contribution in [2.24, 2.45) is 0 Å². The molecular weight excluding hydrogens is 350 g/mol. The highest BCUT2D eigenvalue weighted by atomic mass is 16.5. The van der Waals surface area contributed by atoms with Crippen molar-refractivity contribution in [3.63, 3.8) is 0 Å². The van der Waals surface area contributed by atoms with E-state index in [4.69, 9.17) is 15.0 Å².